The first kappa shape index (κ1) is 8.92. The molecule has 1 aliphatic rings. The molecular weight excluding hydrogens is 188 g/mol. The zero-order chi connectivity index (χ0) is 10.1. The predicted molar refractivity (Wildman–Crippen MR) is 58.9 cm³/mol. The molecule has 2 aromatic heterocycles. The van der Waals surface area contributed by atoms with Gasteiger partial charge in [-0.05, 0) is 25.5 Å². The van der Waals surface area contributed by atoms with Crippen molar-refractivity contribution in [2.24, 2.45) is 0 Å². The Morgan fingerprint density at radius 2 is 2.40 bits per heavy atom. The molecule has 78 valence electrons. The van der Waals surface area contributed by atoms with Gasteiger partial charge in [0.1, 0.15) is 5.58 Å². The fourth-order valence-corrected chi connectivity index (χ4v) is 2.32. The highest BCUT2D eigenvalue weighted by Gasteiger charge is 2.18. The number of nitrogens with zero attached hydrogens (tertiary/aromatic N) is 1. The van der Waals surface area contributed by atoms with Crippen LogP contribution in [-0.2, 0) is 0 Å². The second-order valence-electron chi connectivity index (χ2n) is 4.11. The van der Waals surface area contributed by atoms with E-state index in [0.717, 1.165) is 24.1 Å². The van der Waals surface area contributed by atoms with Crippen LogP contribution in [0.4, 0.5) is 0 Å². The lowest BCUT2D eigenvalue weighted by Gasteiger charge is -2.22. The maximum Gasteiger partial charge on any atom is 0.140 e. The van der Waals surface area contributed by atoms with Gasteiger partial charge >= 0.3 is 0 Å². The fourth-order valence-electron chi connectivity index (χ4n) is 2.32. The second kappa shape index (κ2) is 3.66. The average molecular weight is 202 g/mol. The van der Waals surface area contributed by atoms with Crippen LogP contribution in [0.15, 0.2) is 29.1 Å². The van der Waals surface area contributed by atoms with Crippen molar-refractivity contribution in [2.45, 2.75) is 18.8 Å². The minimum Gasteiger partial charge on any atom is -0.464 e. The summed E-state index contributed by atoms with van der Waals surface area (Å²) in [6, 6.07) is 1.97. The summed E-state index contributed by atoms with van der Waals surface area (Å²) in [5.41, 5.74) is 2.27. The molecular formula is C12H14N2O. The normalized spacial score (nSPS) is 22.0. The monoisotopic (exact) mass is 202 g/mol. The highest BCUT2D eigenvalue weighted by Crippen LogP contribution is 2.29. The fraction of sp³-hybridized carbons (Fsp3) is 0.417. The summed E-state index contributed by atoms with van der Waals surface area (Å²) in [5, 5.41) is 4.53. The van der Waals surface area contributed by atoms with E-state index in [-0.39, 0.29) is 0 Å². The molecule has 1 N–H and O–H groups in total. The first-order chi connectivity index (χ1) is 7.45. The van der Waals surface area contributed by atoms with Crippen molar-refractivity contribution in [3.05, 3.63) is 30.3 Å². The summed E-state index contributed by atoms with van der Waals surface area (Å²) < 4.78 is 5.53. The number of aromatic nitrogens is 1. The van der Waals surface area contributed by atoms with Crippen molar-refractivity contribution in [3.8, 4) is 0 Å². The predicted octanol–water partition coefficient (Wildman–Crippen LogP) is 2.29. The number of piperidine rings is 1. The van der Waals surface area contributed by atoms with Gasteiger partial charge in [-0.2, -0.15) is 0 Å². The van der Waals surface area contributed by atoms with Crippen LogP contribution < -0.4 is 5.32 Å². The summed E-state index contributed by atoms with van der Waals surface area (Å²) in [5.74, 6) is 0.557. The van der Waals surface area contributed by atoms with Crippen molar-refractivity contribution in [1.82, 2.24) is 10.3 Å². The molecule has 0 bridgehead atoms. The van der Waals surface area contributed by atoms with Crippen molar-refractivity contribution >= 4 is 11.0 Å². The number of hydrogen-bond acceptors (Lipinski definition) is 3. The van der Waals surface area contributed by atoms with E-state index in [1.54, 1.807) is 6.26 Å². The summed E-state index contributed by atoms with van der Waals surface area (Å²) in [6.45, 7) is 2.18. The molecule has 0 radical (unpaired) electrons. The van der Waals surface area contributed by atoms with E-state index < -0.39 is 0 Å². The Kier molecular flexibility index (Phi) is 2.18. The van der Waals surface area contributed by atoms with E-state index in [4.69, 9.17) is 4.42 Å². The van der Waals surface area contributed by atoms with Gasteiger partial charge in [-0.15, -0.1) is 0 Å². The third kappa shape index (κ3) is 1.53. The molecule has 3 heteroatoms. The van der Waals surface area contributed by atoms with Gasteiger partial charge in [-0.25, -0.2) is 0 Å². The molecule has 0 amide bonds. The lowest BCUT2D eigenvalue weighted by molar-refractivity contribution is 0.458. The standard InChI is InChI=1S/C12H14N2O/c1-2-9(6-13-4-1)11-8-14-7-10-3-5-15-12(10)11/h3,5,7-9,13H,1-2,4,6H2. The lowest BCUT2D eigenvalue weighted by Crippen LogP contribution is -2.28. The van der Waals surface area contributed by atoms with Crippen LogP contribution in [0.1, 0.15) is 24.3 Å². The Hall–Kier alpha value is -1.35. The molecule has 15 heavy (non-hydrogen) atoms. The molecule has 1 saturated heterocycles. The van der Waals surface area contributed by atoms with Crippen LogP contribution in [0.5, 0.6) is 0 Å². The highest BCUT2D eigenvalue weighted by atomic mass is 16.3. The van der Waals surface area contributed by atoms with E-state index in [1.807, 2.05) is 18.5 Å². The van der Waals surface area contributed by atoms with E-state index in [1.165, 1.54) is 18.4 Å². The molecule has 0 aromatic carbocycles. The molecule has 0 saturated carbocycles. The largest absolute Gasteiger partial charge is 0.464 e. The first-order valence-electron chi connectivity index (χ1n) is 5.47. The van der Waals surface area contributed by atoms with Crippen LogP contribution in [0.3, 0.4) is 0 Å². The Morgan fingerprint density at radius 1 is 1.40 bits per heavy atom. The Labute approximate surface area is 88.5 Å². The minimum atomic E-state index is 0.557. The van der Waals surface area contributed by atoms with E-state index in [2.05, 4.69) is 10.3 Å². The maximum atomic E-state index is 5.53. The van der Waals surface area contributed by atoms with Gasteiger partial charge in [0.05, 0.1) is 6.26 Å². The highest BCUT2D eigenvalue weighted by molar-refractivity contribution is 5.79. The summed E-state index contributed by atoms with van der Waals surface area (Å²) in [4.78, 5) is 4.27. The topological polar surface area (TPSA) is 38.1 Å². The van der Waals surface area contributed by atoms with Gasteiger partial charge < -0.3 is 9.73 Å². The van der Waals surface area contributed by atoms with Gasteiger partial charge in [0.15, 0.2) is 0 Å². The first-order valence-corrected chi connectivity index (χ1v) is 5.47. The SMILES string of the molecule is c1cc2cncc(C3CCCNC3)c2o1. The lowest BCUT2D eigenvalue weighted by atomic mass is 9.92. The van der Waals surface area contributed by atoms with Crippen LogP contribution in [0, 0.1) is 0 Å². The zero-order valence-corrected chi connectivity index (χ0v) is 8.57. The zero-order valence-electron chi connectivity index (χ0n) is 8.57. The summed E-state index contributed by atoms with van der Waals surface area (Å²) in [6.07, 6.45) is 8.02. The maximum absolute atomic E-state index is 5.53. The third-order valence-electron chi connectivity index (χ3n) is 3.12. The minimum absolute atomic E-state index is 0.557. The quantitative estimate of drug-likeness (QED) is 0.771. The van der Waals surface area contributed by atoms with Crippen LogP contribution in [-0.4, -0.2) is 18.1 Å². The number of pyridine rings is 1. The smallest absolute Gasteiger partial charge is 0.140 e. The number of nitrogens with one attached hydrogen (secondary N) is 1. The number of fused-ring (bicyclic) bond motifs is 1. The molecule has 1 aliphatic heterocycles. The molecule has 0 spiro atoms. The van der Waals surface area contributed by atoms with Gasteiger partial charge in [-0.1, -0.05) is 0 Å². The van der Waals surface area contributed by atoms with Crippen LogP contribution in [0.25, 0.3) is 11.0 Å². The molecule has 1 unspecified atom stereocenters. The Balaban J connectivity index is 2.05. The van der Waals surface area contributed by atoms with Gasteiger partial charge in [0.2, 0.25) is 0 Å². The number of hydrogen-bond donors (Lipinski definition) is 1. The number of rotatable bonds is 1. The van der Waals surface area contributed by atoms with E-state index >= 15 is 0 Å². The molecule has 0 aliphatic carbocycles. The van der Waals surface area contributed by atoms with E-state index in [9.17, 15) is 0 Å². The molecule has 3 nitrogen and oxygen atoms in total. The van der Waals surface area contributed by atoms with Gasteiger partial charge in [0, 0.05) is 35.8 Å². The molecule has 1 atom stereocenters. The Morgan fingerprint density at radius 3 is 3.27 bits per heavy atom. The van der Waals surface area contributed by atoms with Gasteiger partial charge in [-0.3, -0.25) is 4.98 Å². The third-order valence-corrected chi connectivity index (χ3v) is 3.12. The Bertz CT molecular complexity index is 457. The average Bonchev–Trinajstić information content (AvgIpc) is 2.78. The van der Waals surface area contributed by atoms with Crippen molar-refractivity contribution in [3.63, 3.8) is 0 Å². The second-order valence-corrected chi connectivity index (χ2v) is 4.11. The van der Waals surface area contributed by atoms with Crippen LogP contribution in [0.2, 0.25) is 0 Å². The molecule has 1 fully saturated rings. The molecule has 3 rings (SSSR count). The summed E-state index contributed by atoms with van der Waals surface area (Å²) >= 11 is 0. The van der Waals surface area contributed by atoms with Gasteiger partial charge in [0.25, 0.3) is 0 Å². The van der Waals surface area contributed by atoms with Crippen LogP contribution >= 0.6 is 0 Å². The molecule has 3 heterocycles. The molecule has 2 aromatic rings. The summed E-state index contributed by atoms with van der Waals surface area (Å²) in [7, 11) is 0. The number of furan rings is 1. The van der Waals surface area contributed by atoms with Crippen molar-refractivity contribution in [1.29, 1.82) is 0 Å². The van der Waals surface area contributed by atoms with Crippen molar-refractivity contribution in [2.75, 3.05) is 13.1 Å². The van der Waals surface area contributed by atoms with Crippen molar-refractivity contribution < 1.29 is 4.42 Å². The van der Waals surface area contributed by atoms with E-state index in [0.29, 0.717) is 5.92 Å².